The predicted molar refractivity (Wildman–Crippen MR) is 94.5 cm³/mol. The average molecular weight is 379 g/mol. The molecule has 8 heteroatoms. The minimum atomic E-state index is -4.38. The third-order valence-electron chi connectivity index (χ3n) is 4.35. The van der Waals surface area contributed by atoms with Gasteiger partial charge in [-0.1, -0.05) is 12.1 Å². The van der Waals surface area contributed by atoms with Crippen molar-refractivity contribution < 1.29 is 22.7 Å². The number of pyridine rings is 1. The number of anilines is 1. The lowest BCUT2D eigenvalue weighted by atomic mass is 10.1. The molecule has 0 spiro atoms. The summed E-state index contributed by atoms with van der Waals surface area (Å²) in [4.78, 5) is 16.9. The third kappa shape index (κ3) is 4.69. The van der Waals surface area contributed by atoms with E-state index in [1.54, 1.807) is 4.90 Å². The molecule has 2 aromatic rings. The number of nitrogens with one attached hydrogen (secondary N) is 1. The second kappa shape index (κ2) is 7.46. The van der Waals surface area contributed by atoms with Crippen LogP contribution in [0.3, 0.4) is 0 Å². The summed E-state index contributed by atoms with van der Waals surface area (Å²) < 4.78 is 44.2. The van der Waals surface area contributed by atoms with Gasteiger partial charge < -0.3 is 15.0 Å². The number of benzene rings is 1. The van der Waals surface area contributed by atoms with Crippen LogP contribution in [-0.2, 0) is 11.0 Å². The van der Waals surface area contributed by atoms with Crippen molar-refractivity contribution in [2.75, 3.05) is 18.0 Å². The summed E-state index contributed by atoms with van der Waals surface area (Å²) >= 11 is 0. The van der Waals surface area contributed by atoms with Gasteiger partial charge in [0, 0.05) is 13.1 Å². The summed E-state index contributed by atoms with van der Waals surface area (Å²) in [6.07, 6.45) is -3.32. The normalized spacial score (nSPS) is 15.8. The van der Waals surface area contributed by atoms with Crippen LogP contribution in [0.2, 0.25) is 0 Å². The number of carbonyl (C=O) groups is 1. The molecule has 0 radical (unpaired) electrons. The molecular formula is C19H20F3N3O2. The van der Waals surface area contributed by atoms with Crippen molar-refractivity contribution in [2.45, 2.75) is 32.2 Å². The van der Waals surface area contributed by atoms with Crippen molar-refractivity contribution >= 4 is 11.7 Å². The van der Waals surface area contributed by atoms with Gasteiger partial charge in [0.15, 0.2) is 0 Å². The molecule has 1 aromatic carbocycles. The fraction of sp³-hybridized carbons (Fsp3) is 0.368. The van der Waals surface area contributed by atoms with Crippen molar-refractivity contribution in [3.63, 3.8) is 0 Å². The van der Waals surface area contributed by atoms with E-state index in [9.17, 15) is 18.0 Å². The van der Waals surface area contributed by atoms with Gasteiger partial charge in [-0.3, -0.25) is 4.79 Å². The molecule has 1 saturated heterocycles. The lowest BCUT2D eigenvalue weighted by Crippen LogP contribution is -2.54. The molecule has 1 N–H and O–H groups in total. The molecule has 1 amide bonds. The van der Waals surface area contributed by atoms with Crippen LogP contribution >= 0.6 is 0 Å². The summed E-state index contributed by atoms with van der Waals surface area (Å²) in [7, 11) is 0. The van der Waals surface area contributed by atoms with Crippen LogP contribution in [0.15, 0.2) is 42.6 Å². The molecule has 27 heavy (non-hydrogen) atoms. The van der Waals surface area contributed by atoms with Gasteiger partial charge in [0.1, 0.15) is 17.7 Å². The molecule has 1 fully saturated rings. The number of nitrogens with zero attached hydrogens (tertiary/aromatic N) is 2. The van der Waals surface area contributed by atoms with Crippen LogP contribution in [0, 0.1) is 0 Å². The van der Waals surface area contributed by atoms with Crippen LogP contribution < -0.4 is 15.0 Å². The highest BCUT2D eigenvalue weighted by Crippen LogP contribution is 2.32. The van der Waals surface area contributed by atoms with Crippen molar-refractivity contribution in [1.29, 1.82) is 0 Å². The zero-order valence-electron chi connectivity index (χ0n) is 15.0. The molecule has 5 nitrogen and oxygen atoms in total. The molecule has 1 atom stereocenters. The maximum atomic E-state index is 12.8. The summed E-state index contributed by atoms with van der Waals surface area (Å²) in [5, 5.41) is 2.81. The van der Waals surface area contributed by atoms with E-state index in [4.69, 9.17) is 4.74 Å². The second-order valence-electron chi connectivity index (χ2n) is 6.54. The van der Waals surface area contributed by atoms with Gasteiger partial charge >= 0.3 is 6.18 Å². The zero-order chi connectivity index (χ0) is 19.6. The molecule has 0 saturated carbocycles. The number of hydrogen-bond acceptors (Lipinski definition) is 4. The molecule has 1 aliphatic rings. The highest BCUT2D eigenvalue weighted by atomic mass is 19.4. The lowest BCUT2D eigenvalue weighted by molar-refractivity contribution is -0.137. The molecular weight excluding hydrogens is 359 g/mol. The van der Waals surface area contributed by atoms with Gasteiger partial charge in [-0.05, 0) is 36.8 Å². The molecule has 2 heterocycles. The van der Waals surface area contributed by atoms with Crippen LogP contribution in [0.5, 0.6) is 5.75 Å². The van der Waals surface area contributed by atoms with Gasteiger partial charge in [-0.15, -0.1) is 0 Å². The Kier molecular flexibility index (Phi) is 5.25. The Morgan fingerprint density at radius 1 is 1.26 bits per heavy atom. The predicted octanol–water partition coefficient (Wildman–Crippen LogP) is 3.57. The molecule has 144 valence electrons. The number of rotatable bonds is 5. The molecule has 1 aromatic heterocycles. The van der Waals surface area contributed by atoms with Gasteiger partial charge in [0.2, 0.25) is 5.91 Å². The van der Waals surface area contributed by atoms with E-state index < -0.39 is 11.7 Å². The third-order valence-corrected chi connectivity index (χ3v) is 4.35. The van der Waals surface area contributed by atoms with Gasteiger partial charge in [0.05, 0.1) is 24.7 Å². The summed E-state index contributed by atoms with van der Waals surface area (Å²) in [6.45, 7) is 4.30. The van der Waals surface area contributed by atoms with Crippen molar-refractivity contribution in [3.05, 3.63) is 53.7 Å². The average Bonchev–Trinajstić information content (AvgIpc) is 2.57. The number of halogens is 3. The number of ether oxygens (including phenoxy) is 1. The minimum absolute atomic E-state index is 0.0947. The number of alkyl halides is 3. The Morgan fingerprint density at radius 2 is 1.93 bits per heavy atom. The van der Waals surface area contributed by atoms with Crippen LogP contribution in [-0.4, -0.2) is 30.1 Å². The Bertz CT molecular complexity index is 803. The fourth-order valence-corrected chi connectivity index (χ4v) is 2.88. The first-order valence-corrected chi connectivity index (χ1v) is 8.54. The van der Waals surface area contributed by atoms with E-state index in [2.05, 4.69) is 10.3 Å². The van der Waals surface area contributed by atoms with Crippen molar-refractivity contribution in [1.82, 2.24) is 10.3 Å². The quantitative estimate of drug-likeness (QED) is 0.863. The van der Waals surface area contributed by atoms with E-state index in [-0.39, 0.29) is 18.1 Å². The first kappa shape index (κ1) is 19.0. The molecule has 0 aliphatic carbocycles. The highest BCUT2D eigenvalue weighted by molar-refractivity contribution is 5.73. The smallest absolute Gasteiger partial charge is 0.416 e. The van der Waals surface area contributed by atoms with Crippen molar-refractivity contribution in [2.24, 2.45) is 0 Å². The Hall–Kier alpha value is -2.77. The van der Waals surface area contributed by atoms with Crippen LogP contribution in [0.25, 0.3) is 0 Å². The maximum absolute atomic E-state index is 12.8. The van der Waals surface area contributed by atoms with E-state index >= 15 is 0 Å². The fourth-order valence-electron chi connectivity index (χ4n) is 2.88. The largest absolute Gasteiger partial charge is 0.487 e. The monoisotopic (exact) mass is 379 g/mol. The Labute approximate surface area is 155 Å². The first-order chi connectivity index (χ1) is 12.7. The van der Waals surface area contributed by atoms with E-state index in [0.29, 0.717) is 24.7 Å². The summed E-state index contributed by atoms with van der Waals surface area (Å²) in [5.74, 6) is 0.875. The maximum Gasteiger partial charge on any atom is 0.416 e. The minimum Gasteiger partial charge on any atom is -0.487 e. The highest BCUT2D eigenvalue weighted by Gasteiger charge is 2.34. The Morgan fingerprint density at radius 3 is 2.52 bits per heavy atom. The standard InChI is InChI=1S/C19H20F3N3O2/c1-12(24-13(2)26)14-3-5-16(6-4-14)27-17-10-25(11-17)18-9-15(7-8-23-18)19(20,21)22/h3-9,12,17H,10-11H2,1-2H3,(H,24,26). The number of hydrogen-bond donors (Lipinski definition) is 1. The van der Waals surface area contributed by atoms with Crippen LogP contribution in [0.4, 0.5) is 19.0 Å². The van der Waals surface area contributed by atoms with E-state index in [1.807, 2.05) is 31.2 Å². The number of amides is 1. The topological polar surface area (TPSA) is 54.5 Å². The van der Waals surface area contributed by atoms with Crippen LogP contribution in [0.1, 0.15) is 31.0 Å². The summed E-state index contributed by atoms with van der Waals surface area (Å²) in [5.41, 5.74) is 0.252. The SMILES string of the molecule is CC(=O)NC(C)c1ccc(OC2CN(c3cc(C(F)(F)F)ccn3)C2)cc1. The van der Waals surface area contributed by atoms with Gasteiger partial charge in [-0.25, -0.2) is 4.98 Å². The first-order valence-electron chi connectivity index (χ1n) is 8.54. The second-order valence-corrected chi connectivity index (χ2v) is 6.54. The summed E-state index contributed by atoms with van der Waals surface area (Å²) in [6, 6.07) is 9.30. The Balaban J connectivity index is 1.54. The van der Waals surface area contributed by atoms with E-state index in [0.717, 1.165) is 17.7 Å². The van der Waals surface area contributed by atoms with E-state index in [1.165, 1.54) is 13.1 Å². The van der Waals surface area contributed by atoms with Gasteiger partial charge in [-0.2, -0.15) is 13.2 Å². The zero-order valence-corrected chi connectivity index (χ0v) is 15.0. The number of aromatic nitrogens is 1. The lowest BCUT2D eigenvalue weighted by Gasteiger charge is -2.40. The number of carbonyl (C=O) groups excluding carboxylic acids is 1. The molecule has 3 rings (SSSR count). The molecule has 1 aliphatic heterocycles. The molecule has 1 unspecified atom stereocenters. The van der Waals surface area contributed by atoms with Gasteiger partial charge in [0.25, 0.3) is 0 Å². The van der Waals surface area contributed by atoms with Crippen molar-refractivity contribution in [3.8, 4) is 5.75 Å². The molecule has 0 bridgehead atoms.